The lowest BCUT2D eigenvalue weighted by Crippen LogP contribution is -2.39. The number of carbonyl (C=O) groups excluding carboxylic acids is 2. The predicted molar refractivity (Wildman–Crippen MR) is 158 cm³/mol. The molecule has 7 nitrogen and oxygen atoms in total. The number of hydrogen-bond donors (Lipinski definition) is 1. The van der Waals surface area contributed by atoms with E-state index < -0.39 is 39.7 Å². The number of Topliss-reactive ketones (excluding diaryl/α,β-unsaturated/α-hetero) is 1. The number of hydrogen-bond acceptors (Lipinski definition) is 6. The third-order valence-corrected chi connectivity index (χ3v) is 8.82. The number of rotatable bonds is 7. The zero-order valence-corrected chi connectivity index (χ0v) is 25.1. The summed E-state index contributed by atoms with van der Waals surface area (Å²) in [6.45, 7) is 0.271. The SMILES string of the molecule is CS(=O)(=O)c1ccc2nc(-c3cccc(C(F)(F)F)c3)c(CN3CCC(=O)CC3)c(C(=O)N[C@H](c3ccccc3)C(F)(F)F)c2c1. The van der Waals surface area contributed by atoms with Gasteiger partial charge in [-0.1, -0.05) is 42.5 Å². The van der Waals surface area contributed by atoms with Gasteiger partial charge in [0.1, 0.15) is 5.78 Å². The lowest BCUT2D eigenvalue weighted by molar-refractivity contribution is -0.155. The molecule has 1 saturated heterocycles. The maximum atomic E-state index is 14.4. The Bertz CT molecular complexity index is 1900. The van der Waals surface area contributed by atoms with Crippen LogP contribution in [0.3, 0.4) is 0 Å². The first-order chi connectivity index (χ1) is 21.5. The summed E-state index contributed by atoms with van der Waals surface area (Å²) in [6, 6.07) is 11.9. The van der Waals surface area contributed by atoms with Crippen LogP contribution in [-0.2, 0) is 27.4 Å². The van der Waals surface area contributed by atoms with E-state index in [1.165, 1.54) is 48.5 Å². The second kappa shape index (κ2) is 12.5. The molecule has 0 spiro atoms. The molecule has 1 atom stereocenters. The van der Waals surface area contributed by atoms with Crippen molar-refractivity contribution in [3.05, 3.63) is 95.1 Å². The van der Waals surface area contributed by atoms with Gasteiger partial charge < -0.3 is 5.32 Å². The third kappa shape index (κ3) is 7.23. The average molecular weight is 664 g/mol. The van der Waals surface area contributed by atoms with Crippen LogP contribution in [0.1, 0.15) is 45.9 Å². The summed E-state index contributed by atoms with van der Waals surface area (Å²) in [5, 5.41) is 1.94. The van der Waals surface area contributed by atoms with Crippen molar-refractivity contribution in [3.63, 3.8) is 0 Å². The maximum Gasteiger partial charge on any atom is 0.416 e. The first-order valence-corrected chi connectivity index (χ1v) is 15.9. The number of fused-ring (bicyclic) bond motifs is 1. The van der Waals surface area contributed by atoms with E-state index in [0.717, 1.165) is 30.5 Å². The zero-order valence-electron chi connectivity index (χ0n) is 24.2. The number of sulfone groups is 1. The van der Waals surface area contributed by atoms with E-state index in [-0.39, 0.29) is 82.0 Å². The minimum absolute atomic E-state index is 0.0155. The molecule has 242 valence electrons. The van der Waals surface area contributed by atoms with Crippen LogP contribution in [0.5, 0.6) is 0 Å². The van der Waals surface area contributed by atoms with Gasteiger partial charge >= 0.3 is 12.4 Å². The third-order valence-electron chi connectivity index (χ3n) is 7.71. The summed E-state index contributed by atoms with van der Waals surface area (Å²) in [6.07, 6.45) is -8.46. The lowest BCUT2D eigenvalue weighted by Gasteiger charge is -2.29. The molecular weight excluding hydrogens is 636 g/mol. The van der Waals surface area contributed by atoms with Gasteiger partial charge in [0.2, 0.25) is 0 Å². The number of piperidine rings is 1. The number of alkyl halides is 6. The fourth-order valence-electron chi connectivity index (χ4n) is 5.39. The van der Waals surface area contributed by atoms with Gasteiger partial charge in [-0.3, -0.25) is 14.5 Å². The average Bonchev–Trinajstić information content (AvgIpc) is 2.99. The molecule has 1 aliphatic rings. The van der Waals surface area contributed by atoms with Crippen molar-refractivity contribution in [1.29, 1.82) is 0 Å². The summed E-state index contributed by atoms with van der Waals surface area (Å²) >= 11 is 0. The number of carbonyl (C=O) groups is 2. The molecule has 0 radical (unpaired) electrons. The van der Waals surface area contributed by atoms with E-state index >= 15 is 0 Å². The Labute approximate surface area is 260 Å². The van der Waals surface area contributed by atoms with Gasteiger partial charge in [-0.2, -0.15) is 26.3 Å². The standard InChI is InChI=1S/C32H27F6N3O4S/c1-46(44,45)23-10-11-26-24(17-23)27(30(43)40-29(32(36,37)38)19-6-3-2-4-7-19)25(18-41-14-12-22(42)13-15-41)28(39-26)20-8-5-9-21(16-20)31(33,34)35/h2-11,16-17,29H,12-15,18H2,1H3,(H,40,43)/t29-/m1/s1. The van der Waals surface area contributed by atoms with Gasteiger partial charge in [0.15, 0.2) is 15.9 Å². The number of pyridine rings is 1. The number of halogens is 6. The van der Waals surface area contributed by atoms with Gasteiger partial charge in [-0.15, -0.1) is 0 Å². The Morgan fingerprint density at radius 2 is 1.61 bits per heavy atom. The van der Waals surface area contributed by atoms with Crippen molar-refractivity contribution in [3.8, 4) is 11.3 Å². The number of ketones is 1. The summed E-state index contributed by atoms with van der Waals surface area (Å²) in [5.74, 6) is -1.25. The molecule has 1 aliphatic heterocycles. The van der Waals surface area contributed by atoms with Crippen LogP contribution >= 0.6 is 0 Å². The molecule has 5 rings (SSSR count). The molecule has 4 aromatic rings. The second-order valence-corrected chi connectivity index (χ2v) is 13.0. The molecule has 0 saturated carbocycles. The number of amides is 1. The molecule has 1 fully saturated rings. The van der Waals surface area contributed by atoms with E-state index in [2.05, 4.69) is 4.98 Å². The predicted octanol–water partition coefficient (Wildman–Crippen LogP) is 6.52. The summed E-state index contributed by atoms with van der Waals surface area (Å²) in [5.41, 5.74) is -1.85. The smallest absolute Gasteiger partial charge is 0.337 e. The Morgan fingerprint density at radius 3 is 2.22 bits per heavy atom. The van der Waals surface area contributed by atoms with Gasteiger partial charge in [-0.25, -0.2) is 13.4 Å². The normalized spacial score (nSPS) is 15.6. The molecule has 0 unspecified atom stereocenters. The van der Waals surface area contributed by atoms with Crippen LogP contribution in [0.25, 0.3) is 22.2 Å². The number of nitrogens with zero attached hydrogens (tertiary/aromatic N) is 2. The fraction of sp³-hybridized carbons (Fsp3) is 0.281. The first-order valence-electron chi connectivity index (χ1n) is 14.0. The first kappa shape index (κ1) is 33.1. The molecule has 0 aliphatic carbocycles. The summed E-state index contributed by atoms with van der Waals surface area (Å²) < 4.78 is 109. The van der Waals surface area contributed by atoms with Crippen LogP contribution < -0.4 is 5.32 Å². The van der Waals surface area contributed by atoms with Crippen molar-refractivity contribution in [2.24, 2.45) is 0 Å². The Balaban J connectivity index is 1.79. The number of nitrogens with one attached hydrogen (secondary N) is 1. The van der Waals surface area contributed by atoms with E-state index in [1.807, 2.05) is 5.32 Å². The fourth-order valence-corrected chi connectivity index (χ4v) is 6.04. The molecule has 1 amide bonds. The largest absolute Gasteiger partial charge is 0.416 e. The molecule has 3 aromatic carbocycles. The quantitative estimate of drug-likeness (QED) is 0.226. The van der Waals surface area contributed by atoms with Gasteiger partial charge in [0.25, 0.3) is 5.91 Å². The van der Waals surface area contributed by atoms with Crippen molar-refractivity contribution in [1.82, 2.24) is 15.2 Å². The molecule has 0 bridgehead atoms. The van der Waals surface area contributed by atoms with Crippen LogP contribution in [0.2, 0.25) is 0 Å². The highest BCUT2D eigenvalue weighted by atomic mass is 32.2. The van der Waals surface area contributed by atoms with E-state index in [4.69, 9.17) is 0 Å². The highest BCUT2D eigenvalue weighted by molar-refractivity contribution is 7.90. The zero-order chi connectivity index (χ0) is 33.4. The molecule has 2 heterocycles. The van der Waals surface area contributed by atoms with Crippen LogP contribution in [-0.4, -0.2) is 55.5 Å². The minimum atomic E-state index is -4.95. The monoisotopic (exact) mass is 663 g/mol. The van der Waals surface area contributed by atoms with Crippen molar-refractivity contribution in [2.45, 2.75) is 42.7 Å². The summed E-state index contributed by atoms with van der Waals surface area (Å²) in [7, 11) is -3.87. The van der Waals surface area contributed by atoms with E-state index in [1.54, 1.807) is 4.90 Å². The van der Waals surface area contributed by atoms with E-state index in [9.17, 15) is 44.3 Å². The number of aromatic nitrogens is 1. The molecule has 1 N–H and O–H groups in total. The lowest BCUT2D eigenvalue weighted by atomic mass is 9.93. The Kier molecular flexibility index (Phi) is 8.97. The molecule has 14 heteroatoms. The van der Waals surface area contributed by atoms with Gasteiger partial charge in [0, 0.05) is 55.2 Å². The molecular formula is C32H27F6N3O4S. The van der Waals surface area contributed by atoms with Crippen LogP contribution in [0.4, 0.5) is 26.3 Å². The summed E-state index contributed by atoms with van der Waals surface area (Å²) in [4.78, 5) is 32.1. The minimum Gasteiger partial charge on any atom is -0.337 e. The highest BCUT2D eigenvalue weighted by Gasteiger charge is 2.42. The van der Waals surface area contributed by atoms with Gasteiger partial charge in [0.05, 0.1) is 27.2 Å². The maximum absolute atomic E-state index is 14.4. The topological polar surface area (TPSA) is 96.4 Å². The highest BCUT2D eigenvalue weighted by Crippen LogP contribution is 2.38. The van der Waals surface area contributed by atoms with Crippen LogP contribution in [0, 0.1) is 0 Å². The van der Waals surface area contributed by atoms with Crippen LogP contribution in [0.15, 0.2) is 77.7 Å². The van der Waals surface area contributed by atoms with Crippen molar-refractivity contribution < 1.29 is 44.3 Å². The van der Waals surface area contributed by atoms with E-state index in [0.29, 0.717) is 0 Å². The molecule has 46 heavy (non-hydrogen) atoms. The molecule has 1 aromatic heterocycles. The number of likely N-dealkylation sites (tertiary alicyclic amines) is 1. The number of benzene rings is 3. The Hall–Kier alpha value is -4.30. The Morgan fingerprint density at radius 1 is 0.935 bits per heavy atom. The van der Waals surface area contributed by atoms with Crippen molar-refractivity contribution >= 4 is 32.4 Å². The van der Waals surface area contributed by atoms with Crippen molar-refractivity contribution in [2.75, 3.05) is 19.3 Å². The second-order valence-electron chi connectivity index (χ2n) is 11.0. The van der Waals surface area contributed by atoms with Gasteiger partial charge in [-0.05, 0) is 35.9 Å².